The van der Waals surface area contributed by atoms with Gasteiger partial charge in [-0.25, -0.2) is 9.97 Å². The number of hydrogen-bond acceptors (Lipinski definition) is 3. The van der Waals surface area contributed by atoms with Gasteiger partial charge in [0.2, 0.25) is 0 Å². The van der Waals surface area contributed by atoms with Crippen molar-refractivity contribution in [3.8, 4) is 11.3 Å². The second-order valence-electron chi connectivity index (χ2n) is 4.78. The third-order valence-electron chi connectivity index (χ3n) is 3.07. The Balaban J connectivity index is 1.94. The van der Waals surface area contributed by atoms with Gasteiger partial charge in [-0.2, -0.15) is 0 Å². The van der Waals surface area contributed by atoms with E-state index >= 15 is 0 Å². The molecule has 0 saturated carbocycles. The molecule has 0 fully saturated rings. The summed E-state index contributed by atoms with van der Waals surface area (Å²) in [6.45, 7) is 5.26. The third kappa shape index (κ3) is 2.67. The SMILES string of the molecule is C=C(C)C(=O)Nc1cccc(-c2cnc3[nH]ccc3c2)n1. The molecular formula is C16H14N4O. The normalized spacial score (nSPS) is 10.5. The summed E-state index contributed by atoms with van der Waals surface area (Å²) in [5.41, 5.74) is 2.93. The number of pyridine rings is 2. The van der Waals surface area contributed by atoms with Crippen molar-refractivity contribution in [3.63, 3.8) is 0 Å². The van der Waals surface area contributed by atoms with Gasteiger partial charge in [0.1, 0.15) is 11.5 Å². The lowest BCUT2D eigenvalue weighted by atomic mass is 10.1. The van der Waals surface area contributed by atoms with Crippen molar-refractivity contribution in [2.45, 2.75) is 6.92 Å². The van der Waals surface area contributed by atoms with Crippen molar-refractivity contribution in [1.82, 2.24) is 15.0 Å². The minimum Gasteiger partial charge on any atom is -0.346 e. The average Bonchev–Trinajstić information content (AvgIpc) is 2.94. The van der Waals surface area contributed by atoms with E-state index in [9.17, 15) is 4.79 Å². The van der Waals surface area contributed by atoms with Crippen molar-refractivity contribution in [2.24, 2.45) is 0 Å². The fraction of sp³-hybridized carbons (Fsp3) is 0.0625. The summed E-state index contributed by atoms with van der Waals surface area (Å²) in [5, 5.41) is 3.73. The van der Waals surface area contributed by atoms with E-state index in [1.54, 1.807) is 19.2 Å². The molecule has 0 aromatic carbocycles. The molecule has 0 atom stereocenters. The maximum Gasteiger partial charge on any atom is 0.251 e. The molecule has 3 aromatic rings. The first-order chi connectivity index (χ1) is 10.1. The molecule has 1 amide bonds. The molecule has 5 heteroatoms. The number of nitrogens with one attached hydrogen (secondary N) is 2. The standard InChI is InChI=1S/C16H14N4O/c1-10(2)16(21)20-14-5-3-4-13(19-14)12-8-11-6-7-17-15(11)18-9-12/h3-9H,1H2,2H3,(H,17,18)(H,19,20,21). The Morgan fingerprint density at radius 3 is 3.00 bits per heavy atom. The van der Waals surface area contributed by atoms with Gasteiger partial charge in [0.25, 0.3) is 5.91 Å². The van der Waals surface area contributed by atoms with Crippen LogP contribution in [0.5, 0.6) is 0 Å². The highest BCUT2D eigenvalue weighted by molar-refractivity contribution is 6.02. The minimum absolute atomic E-state index is 0.237. The largest absolute Gasteiger partial charge is 0.346 e. The Bertz CT molecular complexity index is 835. The summed E-state index contributed by atoms with van der Waals surface area (Å²) in [6.07, 6.45) is 3.60. The van der Waals surface area contributed by atoms with Crippen LogP contribution < -0.4 is 5.32 Å². The highest BCUT2D eigenvalue weighted by Crippen LogP contribution is 2.21. The molecule has 0 aliphatic carbocycles. The predicted octanol–water partition coefficient (Wildman–Crippen LogP) is 3.14. The number of aromatic amines is 1. The second-order valence-corrected chi connectivity index (χ2v) is 4.78. The Morgan fingerprint density at radius 2 is 2.19 bits per heavy atom. The number of rotatable bonds is 3. The molecule has 104 valence electrons. The van der Waals surface area contributed by atoms with Crippen molar-refractivity contribution in [3.05, 3.63) is 54.9 Å². The topological polar surface area (TPSA) is 70.7 Å². The molecule has 3 aromatic heterocycles. The van der Waals surface area contributed by atoms with Crippen LogP contribution in [0.3, 0.4) is 0 Å². The lowest BCUT2D eigenvalue weighted by molar-refractivity contribution is -0.112. The Kier molecular flexibility index (Phi) is 3.23. The van der Waals surface area contributed by atoms with E-state index in [4.69, 9.17) is 0 Å². The second kappa shape index (κ2) is 5.20. The smallest absolute Gasteiger partial charge is 0.251 e. The number of H-pyrrole nitrogens is 1. The molecule has 0 bridgehead atoms. The van der Waals surface area contributed by atoms with Gasteiger partial charge in [-0.3, -0.25) is 4.79 Å². The molecule has 3 heterocycles. The molecule has 3 rings (SSSR count). The van der Waals surface area contributed by atoms with Crippen molar-refractivity contribution >= 4 is 22.8 Å². The van der Waals surface area contributed by atoms with Crippen LogP contribution in [0.1, 0.15) is 6.92 Å². The molecule has 0 radical (unpaired) electrons. The summed E-state index contributed by atoms with van der Waals surface area (Å²) in [4.78, 5) is 23.5. The zero-order valence-corrected chi connectivity index (χ0v) is 11.6. The van der Waals surface area contributed by atoms with Gasteiger partial charge < -0.3 is 10.3 Å². The van der Waals surface area contributed by atoms with Gasteiger partial charge in [-0.05, 0) is 31.2 Å². The molecule has 0 spiro atoms. The molecule has 5 nitrogen and oxygen atoms in total. The summed E-state index contributed by atoms with van der Waals surface area (Å²) < 4.78 is 0. The van der Waals surface area contributed by atoms with Crippen LogP contribution in [0.25, 0.3) is 22.3 Å². The quantitative estimate of drug-likeness (QED) is 0.723. The van der Waals surface area contributed by atoms with E-state index in [0.717, 1.165) is 22.3 Å². The molecule has 2 N–H and O–H groups in total. The summed E-state index contributed by atoms with van der Waals surface area (Å²) in [6, 6.07) is 9.43. The van der Waals surface area contributed by atoms with Crippen LogP contribution in [-0.4, -0.2) is 20.9 Å². The molecule has 0 unspecified atom stereocenters. The van der Waals surface area contributed by atoms with Crippen LogP contribution in [0, 0.1) is 0 Å². The average molecular weight is 278 g/mol. The molecule has 0 aliphatic rings. The Morgan fingerprint density at radius 1 is 1.33 bits per heavy atom. The van der Waals surface area contributed by atoms with Crippen molar-refractivity contribution < 1.29 is 4.79 Å². The maximum atomic E-state index is 11.6. The number of anilines is 1. The predicted molar refractivity (Wildman–Crippen MR) is 82.8 cm³/mol. The van der Waals surface area contributed by atoms with Gasteiger partial charge in [-0.1, -0.05) is 12.6 Å². The van der Waals surface area contributed by atoms with Crippen molar-refractivity contribution in [2.75, 3.05) is 5.32 Å². The van der Waals surface area contributed by atoms with Gasteiger partial charge in [0.05, 0.1) is 5.69 Å². The number of carbonyl (C=O) groups excluding carboxylic acids is 1. The van der Waals surface area contributed by atoms with E-state index in [1.807, 2.05) is 30.5 Å². The lowest BCUT2D eigenvalue weighted by Crippen LogP contribution is -2.12. The zero-order chi connectivity index (χ0) is 14.8. The molecule has 0 saturated heterocycles. The first kappa shape index (κ1) is 13.1. The molecule has 21 heavy (non-hydrogen) atoms. The van der Waals surface area contributed by atoms with Crippen LogP contribution in [0.4, 0.5) is 5.82 Å². The Hall–Kier alpha value is -2.95. The highest BCUT2D eigenvalue weighted by Gasteiger charge is 2.07. The minimum atomic E-state index is -0.237. The first-order valence-electron chi connectivity index (χ1n) is 6.51. The van der Waals surface area contributed by atoms with E-state index in [0.29, 0.717) is 11.4 Å². The fourth-order valence-electron chi connectivity index (χ4n) is 1.97. The van der Waals surface area contributed by atoms with Crippen molar-refractivity contribution in [1.29, 1.82) is 0 Å². The Labute approximate surface area is 121 Å². The van der Waals surface area contributed by atoms with E-state index in [-0.39, 0.29) is 5.91 Å². The van der Waals surface area contributed by atoms with Gasteiger partial charge in [-0.15, -0.1) is 0 Å². The van der Waals surface area contributed by atoms with Crippen LogP contribution >= 0.6 is 0 Å². The van der Waals surface area contributed by atoms with Gasteiger partial charge >= 0.3 is 0 Å². The number of nitrogens with zero attached hydrogens (tertiary/aromatic N) is 2. The summed E-state index contributed by atoms with van der Waals surface area (Å²) in [7, 11) is 0. The number of carbonyl (C=O) groups is 1. The van der Waals surface area contributed by atoms with Crippen LogP contribution in [-0.2, 0) is 4.79 Å². The number of amides is 1. The van der Waals surface area contributed by atoms with Crippen LogP contribution in [0.15, 0.2) is 54.9 Å². The molecule has 0 aliphatic heterocycles. The van der Waals surface area contributed by atoms with Gasteiger partial charge in [0.15, 0.2) is 0 Å². The summed E-state index contributed by atoms with van der Waals surface area (Å²) >= 11 is 0. The fourth-order valence-corrected chi connectivity index (χ4v) is 1.97. The number of aromatic nitrogens is 3. The first-order valence-corrected chi connectivity index (χ1v) is 6.51. The third-order valence-corrected chi connectivity index (χ3v) is 3.07. The van der Waals surface area contributed by atoms with E-state index in [1.165, 1.54) is 0 Å². The molecular weight excluding hydrogens is 264 g/mol. The number of hydrogen-bond donors (Lipinski definition) is 2. The van der Waals surface area contributed by atoms with E-state index in [2.05, 4.69) is 26.8 Å². The number of fused-ring (bicyclic) bond motifs is 1. The monoisotopic (exact) mass is 278 g/mol. The highest BCUT2D eigenvalue weighted by atomic mass is 16.1. The van der Waals surface area contributed by atoms with Gasteiger partial charge in [0, 0.05) is 28.9 Å². The van der Waals surface area contributed by atoms with Crippen LogP contribution in [0.2, 0.25) is 0 Å². The van der Waals surface area contributed by atoms with E-state index < -0.39 is 0 Å². The lowest BCUT2D eigenvalue weighted by Gasteiger charge is -2.06. The maximum absolute atomic E-state index is 11.6. The summed E-state index contributed by atoms with van der Waals surface area (Å²) in [5.74, 6) is 0.258. The zero-order valence-electron chi connectivity index (χ0n) is 11.6.